The highest BCUT2D eigenvalue weighted by Crippen LogP contribution is 2.43. The predicted octanol–water partition coefficient (Wildman–Crippen LogP) is 12.5. The van der Waals surface area contributed by atoms with E-state index >= 15 is 0 Å². The molecule has 0 aromatic carbocycles. The average Bonchev–Trinajstić information content (AvgIpc) is 3.80. The second-order valence-electron chi connectivity index (χ2n) is 17.7. The molecule has 0 fully saturated rings. The molecule has 0 aliphatic carbocycles. The predicted molar refractivity (Wildman–Crippen MR) is 251 cm³/mol. The maximum absolute atomic E-state index is 12.7. The number of phosphoric ester groups is 1. The summed E-state index contributed by atoms with van der Waals surface area (Å²) in [4.78, 5) is 46.3. The Bertz CT molecular complexity index is 1590. The summed E-state index contributed by atoms with van der Waals surface area (Å²) in [6.07, 6.45) is 29.5. The van der Waals surface area contributed by atoms with Crippen LogP contribution in [0.4, 0.5) is 0 Å². The van der Waals surface area contributed by atoms with Gasteiger partial charge in [-0.2, -0.15) is 0 Å². The number of phosphoric acid groups is 1. The zero-order valence-electron chi connectivity index (χ0n) is 40.1. The number of hydrogen-bond donors (Lipinski definition) is 3. The molecule has 4 N–H and O–H groups in total. The summed E-state index contributed by atoms with van der Waals surface area (Å²) < 4.78 is 45.1. The fraction of sp³-hybridized carbons (Fsp3) is 0.780. The Hall–Kier alpha value is -2.96. The lowest BCUT2D eigenvalue weighted by atomic mass is 10.0. The Labute approximate surface area is 385 Å². The summed E-state index contributed by atoms with van der Waals surface area (Å²) in [6, 6.07) is 2.87. The number of esters is 2. The van der Waals surface area contributed by atoms with E-state index in [1.54, 1.807) is 0 Å². The largest absolute Gasteiger partial charge is 0.480 e. The van der Waals surface area contributed by atoms with Gasteiger partial charge < -0.3 is 34.0 Å². The minimum Gasteiger partial charge on any atom is -0.480 e. The van der Waals surface area contributed by atoms with Crippen molar-refractivity contribution in [3.8, 4) is 0 Å². The van der Waals surface area contributed by atoms with E-state index in [2.05, 4.69) is 44.4 Å². The van der Waals surface area contributed by atoms with Gasteiger partial charge in [0.1, 0.15) is 35.7 Å². The molecular formula is C50H86NO12P. The van der Waals surface area contributed by atoms with E-state index in [9.17, 15) is 23.8 Å². The fourth-order valence-electron chi connectivity index (χ4n) is 7.69. The summed E-state index contributed by atoms with van der Waals surface area (Å²) in [5, 5.41) is 8.93. The van der Waals surface area contributed by atoms with Gasteiger partial charge in [0.25, 0.3) is 0 Å². The molecule has 0 aliphatic rings. The van der Waals surface area contributed by atoms with Gasteiger partial charge in [-0.05, 0) is 75.6 Å². The maximum atomic E-state index is 12.7. The number of aryl methyl sites for hydroxylation is 6. The van der Waals surface area contributed by atoms with E-state index in [0.29, 0.717) is 12.8 Å². The third kappa shape index (κ3) is 28.2. The number of unbranched alkanes of at least 4 members (excludes halogenated alkanes) is 20. The lowest BCUT2D eigenvalue weighted by Crippen LogP contribution is -2.34. The van der Waals surface area contributed by atoms with Gasteiger partial charge in [0.05, 0.1) is 13.2 Å². The molecule has 0 amide bonds. The molecule has 0 bridgehead atoms. The molecule has 2 rings (SSSR count). The van der Waals surface area contributed by atoms with E-state index in [4.69, 9.17) is 33.7 Å². The van der Waals surface area contributed by atoms with Crippen molar-refractivity contribution in [2.75, 3.05) is 19.8 Å². The average molecular weight is 924 g/mol. The first-order valence-corrected chi connectivity index (χ1v) is 26.4. The second-order valence-corrected chi connectivity index (χ2v) is 19.2. The lowest BCUT2D eigenvalue weighted by molar-refractivity contribution is -0.161. The molecule has 2 aromatic heterocycles. The minimum atomic E-state index is -4.74. The third-order valence-corrected chi connectivity index (χ3v) is 12.6. The highest BCUT2D eigenvalue weighted by molar-refractivity contribution is 7.47. The Morgan fingerprint density at radius 1 is 0.578 bits per heavy atom. The Kier molecular flexibility index (Phi) is 31.5. The van der Waals surface area contributed by atoms with Crippen LogP contribution in [-0.4, -0.2) is 59.9 Å². The van der Waals surface area contributed by atoms with Crippen LogP contribution in [0.2, 0.25) is 0 Å². The SMILES string of the molecule is CCCCCc1cc(C)c(CCCCCCCCCCCCC(=O)OC(COC(=O)CCCCCCCCCCc2oc(CCCCC)cc2C)COP(=O)(O)OCC(N)C(=O)O)o1. The van der Waals surface area contributed by atoms with Gasteiger partial charge >= 0.3 is 25.7 Å². The molecule has 0 aliphatic heterocycles. The molecular weight excluding hydrogens is 838 g/mol. The van der Waals surface area contributed by atoms with Gasteiger partial charge in [0.15, 0.2) is 6.10 Å². The first kappa shape index (κ1) is 57.2. The standard InChI is InChI=1S/C50H86NO12P/c1-5-7-23-29-42-35-40(3)46(61-42)31-25-19-15-11-9-10-12-18-22-28-34-49(53)63-44(38-59-64(56,57)60-39-45(51)50(54)55)37-58-48(52)33-27-21-17-14-13-16-20-26-32-47-41(4)36-43(62-47)30-24-8-6-2/h35-36,44-45H,5-34,37-39,51H2,1-4H3,(H,54,55)(H,56,57). The van der Waals surface area contributed by atoms with Crippen molar-refractivity contribution in [3.05, 3.63) is 46.3 Å². The smallest absolute Gasteiger partial charge is 0.472 e. The van der Waals surface area contributed by atoms with E-state index in [-0.39, 0.29) is 19.4 Å². The van der Waals surface area contributed by atoms with Crippen LogP contribution < -0.4 is 5.73 Å². The molecule has 2 heterocycles. The number of carbonyl (C=O) groups is 3. The van der Waals surface area contributed by atoms with Crippen LogP contribution in [0.3, 0.4) is 0 Å². The highest BCUT2D eigenvalue weighted by atomic mass is 31.2. The zero-order valence-corrected chi connectivity index (χ0v) is 41.0. The van der Waals surface area contributed by atoms with Gasteiger partial charge in [0, 0.05) is 38.5 Å². The first-order chi connectivity index (χ1) is 30.8. The third-order valence-electron chi connectivity index (χ3n) is 11.7. The summed E-state index contributed by atoms with van der Waals surface area (Å²) >= 11 is 0. The van der Waals surface area contributed by atoms with Crippen LogP contribution in [0, 0.1) is 13.8 Å². The molecule has 3 atom stereocenters. The Morgan fingerprint density at radius 2 is 0.969 bits per heavy atom. The quantitative estimate of drug-likeness (QED) is 0.0323. The van der Waals surface area contributed by atoms with Crippen molar-refractivity contribution < 1.29 is 56.3 Å². The number of furan rings is 2. The van der Waals surface area contributed by atoms with Crippen LogP contribution in [0.25, 0.3) is 0 Å². The van der Waals surface area contributed by atoms with Gasteiger partial charge in [-0.15, -0.1) is 0 Å². The Balaban J connectivity index is 1.60. The van der Waals surface area contributed by atoms with Gasteiger partial charge in [-0.1, -0.05) is 129 Å². The number of aliphatic carboxylic acids is 1. The van der Waals surface area contributed by atoms with Crippen LogP contribution in [-0.2, 0) is 63.2 Å². The molecule has 14 heteroatoms. The van der Waals surface area contributed by atoms with Crippen molar-refractivity contribution >= 4 is 25.7 Å². The second kappa shape index (κ2) is 35.3. The molecule has 13 nitrogen and oxygen atoms in total. The van der Waals surface area contributed by atoms with Crippen LogP contribution >= 0.6 is 7.82 Å². The van der Waals surface area contributed by atoms with E-state index in [1.165, 1.54) is 81.8 Å². The monoisotopic (exact) mass is 924 g/mol. The molecule has 64 heavy (non-hydrogen) atoms. The van der Waals surface area contributed by atoms with Crippen LogP contribution in [0.15, 0.2) is 21.0 Å². The van der Waals surface area contributed by atoms with Crippen molar-refractivity contribution in [2.24, 2.45) is 5.73 Å². The summed E-state index contributed by atoms with van der Waals surface area (Å²) in [7, 11) is -4.74. The van der Waals surface area contributed by atoms with Crippen LogP contribution in [0.5, 0.6) is 0 Å². The number of carboxylic acids is 1. The summed E-state index contributed by atoms with van der Waals surface area (Å²) in [5.74, 6) is 2.11. The minimum absolute atomic E-state index is 0.143. The van der Waals surface area contributed by atoms with Gasteiger partial charge in [0.2, 0.25) is 0 Å². The molecule has 0 saturated carbocycles. The van der Waals surface area contributed by atoms with Crippen molar-refractivity contribution in [3.63, 3.8) is 0 Å². The highest BCUT2D eigenvalue weighted by Gasteiger charge is 2.28. The summed E-state index contributed by atoms with van der Waals surface area (Å²) in [5.41, 5.74) is 7.90. The molecule has 0 radical (unpaired) electrons. The normalized spacial score (nSPS) is 13.5. The maximum Gasteiger partial charge on any atom is 0.472 e. The van der Waals surface area contributed by atoms with Gasteiger partial charge in [-0.3, -0.25) is 23.4 Å². The lowest BCUT2D eigenvalue weighted by Gasteiger charge is -2.20. The Morgan fingerprint density at radius 3 is 1.41 bits per heavy atom. The van der Waals surface area contributed by atoms with Crippen molar-refractivity contribution in [1.29, 1.82) is 0 Å². The number of carbonyl (C=O) groups excluding carboxylic acids is 2. The zero-order chi connectivity index (χ0) is 46.8. The fourth-order valence-corrected chi connectivity index (χ4v) is 8.46. The topological polar surface area (TPSA) is 198 Å². The van der Waals surface area contributed by atoms with Crippen molar-refractivity contribution in [1.82, 2.24) is 0 Å². The molecule has 2 aromatic rings. The van der Waals surface area contributed by atoms with E-state index in [0.717, 1.165) is 119 Å². The van der Waals surface area contributed by atoms with Crippen molar-refractivity contribution in [2.45, 2.75) is 232 Å². The number of hydrogen-bond acceptors (Lipinski definition) is 11. The van der Waals surface area contributed by atoms with Gasteiger partial charge in [-0.25, -0.2) is 4.57 Å². The first-order valence-electron chi connectivity index (χ1n) is 24.9. The molecule has 0 saturated heterocycles. The number of ether oxygens (including phenoxy) is 2. The number of rotatable bonds is 42. The number of nitrogens with two attached hydrogens (primary N) is 1. The summed E-state index contributed by atoms with van der Waals surface area (Å²) in [6.45, 7) is 6.99. The van der Waals surface area contributed by atoms with E-state index in [1.807, 2.05) is 0 Å². The molecule has 0 spiro atoms. The molecule has 3 unspecified atom stereocenters. The number of carboxylic acid groups (broad SMARTS) is 1. The molecule has 368 valence electrons. The van der Waals surface area contributed by atoms with E-state index < -0.39 is 51.1 Å². The van der Waals surface area contributed by atoms with Crippen LogP contribution in [0.1, 0.15) is 215 Å².